The van der Waals surface area contributed by atoms with E-state index in [0.29, 0.717) is 17.4 Å². The Morgan fingerprint density at radius 3 is 1.46 bits per heavy atom. The molecule has 0 amide bonds. The third kappa shape index (κ3) is 15.4. The summed E-state index contributed by atoms with van der Waals surface area (Å²) in [7, 11) is 0. The van der Waals surface area contributed by atoms with Gasteiger partial charge in [0.15, 0.2) is 0 Å². The first-order valence-corrected chi connectivity index (χ1v) is 10.5. The molecule has 0 heterocycles. The first-order valence-electron chi connectivity index (χ1n) is 10.5. The van der Waals surface area contributed by atoms with Gasteiger partial charge in [-0.3, -0.25) is 0 Å². The van der Waals surface area contributed by atoms with Gasteiger partial charge < -0.3 is 9.84 Å². The molecule has 0 aliphatic heterocycles. The molecule has 0 aromatic carbocycles. The summed E-state index contributed by atoms with van der Waals surface area (Å²) >= 11 is 0. The second-order valence-corrected chi connectivity index (χ2v) is 9.14. The van der Waals surface area contributed by atoms with E-state index in [-0.39, 0.29) is 0 Å². The normalized spacial score (nSPS) is 12.8. The van der Waals surface area contributed by atoms with E-state index in [4.69, 9.17) is 9.84 Å². The van der Waals surface area contributed by atoms with Crippen LogP contribution < -0.4 is 0 Å². The predicted molar refractivity (Wildman–Crippen MR) is 107 cm³/mol. The average molecular weight is 343 g/mol. The highest BCUT2D eigenvalue weighted by atomic mass is 16.5. The van der Waals surface area contributed by atoms with Gasteiger partial charge in [0.1, 0.15) is 0 Å². The molecule has 0 aromatic rings. The topological polar surface area (TPSA) is 29.5 Å². The summed E-state index contributed by atoms with van der Waals surface area (Å²) in [5.74, 6) is 0. The minimum Gasteiger partial charge on any atom is -0.396 e. The van der Waals surface area contributed by atoms with Crippen LogP contribution in [0.1, 0.15) is 112 Å². The lowest BCUT2D eigenvalue weighted by Crippen LogP contribution is -2.12. The van der Waals surface area contributed by atoms with Crippen molar-refractivity contribution in [3.63, 3.8) is 0 Å². The molecule has 0 fully saturated rings. The molecule has 0 aliphatic carbocycles. The number of hydrogen-bond donors (Lipinski definition) is 1. The number of ether oxygens (including phenoxy) is 1. The van der Waals surface area contributed by atoms with E-state index >= 15 is 0 Å². The number of hydrogen-bond acceptors (Lipinski definition) is 2. The molecule has 0 spiro atoms. The Kier molecular flexibility index (Phi) is 14.1. The molecule has 0 unspecified atom stereocenters. The molecule has 1 N–H and O–H groups in total. The van der Waals surface area contributed by atoms with Gasteiger partial charge >= 0.3 is 0 Å². The van der Waals surface area contributed by atoms with Crippen molar-refractivity contribution in [2.45, 2.75) is 112 Å². The summed E-state index contributed by atoms with van der Waals surface area (Å²) in [6, 6.07) is 0. The van der Waals surface area contributed by atoms with Gasteiger partial charge in [-0.1, -0.05) is 66.7 Å². The summed E-state index contributed by atoms with van der Waals surface area (Å²) in [5, 5.41) is 8.86. The van der Waals surface area contributed by atoms with E-state index in [9.17, 15) is 0 Å². The van der Waals surface area contributed by atoms with Crippen LogP contribution in [0.5, 0.6) is 0 Å². The van der Waals surface area contributed by atoms with Crippen LogP contribution in [0.3, 0.4) is 0 Å². The molecule has 0 bridgehead atoms. The Balaban J connectivity index is 3.45. The zero-order chi connectivity index (χ0) is 18.3. The van der Waals surface area contributed by atoms with Crippen LogP contribution >= 0.6 is 0 Å². The summed E-state index contributed by atoms with van der Waals surface area (Å²) in [4.78, 5) is 0. The Morgan fingerprint density at radius 1 is 0.625 bits per heavy atom. The van der Waals surface area contributed by atoms with Crippen molar-refractivity contribution in [2.75, 3.05) is 19.8 Å². The smallest absolute Gasteiger partial charge is 0.0466 e. The van der Waals surface area contributed by atoms with Crippen molar-refractivity contribution >= 4 is 0 Å². The zero-order valence-electron chi connectivity index (χ0n) is 17.5. The van der Waals surface area contributed by atoms with Gasteiger partial charge in [0, 0.05) is 19.8 Å². The molecule has 24 heavy (non-hydrogen) atoms. The van der Waals surface area contributed by atoms with Crippen molar-refractivity contribution in [1.82, 2.24) is 0 Å². The van der Waals surface area contributed by atoms with Crippen molar-refractivity contribution < 1.29 is 9.84 Å². The fourth-order valence-electron chi connectivity index (χ4n) is 3.34. The highest BCUT2D eigenvalue weighted by molar-refractivity contribution is 4.69. The largest absolute Gasteiger partial charge is 0.396 e. The van der Waals surface area contributed by atoms with E-state index in [1.807, 2.05) is 0 Å². The lowest BCUT2D eigenvalue weighted by molar-refractivity contribution is 0.119. The Bertz CT molecular complexity index is 271. The number of rotatable bonds is 17. The number of aliphatic hydroxyl groups excluding tert-OH is 1. The summed E-state index contributed by atoms with van der Waals surface area (Å²) in [6.45, 7) is 14.0. The van der Waals surface area contributed by atoms with Crippen molar-refractivity contribution in [2.24, 2.45) is 10.8 Å². The minimum absolute atomic E-state index is 0.333. The molecular formula is C22H46O2. The molecule has 0 saturated heterocycles. The standard InChI is InChI=1S/C22H46O2/c1-6-7-14-21(2,3)16-9-12-19-24-20-13-10-17-22(4,5)15-8-11-18-23/h23H,6-20H2,1-5H3. The lowest BCUT2D eigenvalue weighted by Gasteiger charge is -2.24. The SMILES string of the molecule is CCCCC(C)(C)CCCCOCCCCC(C)(C)CCCCO. The lowest BCUT2D eigenvalue weighted by atomic mass is 9.82. The maximum atomic E-state index is 8.86. The maximum absolute atomic E-state index is 8.86. The molecular weight excluding hydrogens is 296 g/mol. The fraction of sp³-hybridized carbons (Fsp3) is 1.00. The van der Waals surface area contributed by atoms with Gasteiger partial charge in [-0.05, 0) is 55.8 Å². The zero-order valence-corrected chi connectivity index (χ0v) is 17.5. The van der Waals surface area contributed by atoms with Crippen LogP contribution in [0, 0.1) is 10.8 Å². The Morgan fingerprint density at radius 2 is 1.04 bits per heavy atom. The third-order valence-electron chi connectivity index (χ3n) is 5.25. The monoisotopic (exact) mass is 342 g/mol. The average Bonchev–Trinajstić information content (AvgIpc) is 2.51. The Labute approximate surface area is 152 Å². The van der Waals surface area contributed by atoms with Gasteiger partial charge in [-0.25, -0.2) is 0 Å². The predicted octanol–water partition coefficient (Wildman–Crippen LogP) is 6.75. The molecule has 0 aromatic heterocycles. The van der Waals surface area contributed by atoms with Crippen LogP contribution in [0.4, 0.5) is 0 Å². The van der Waals surface area contributed by atoms with Gasteiger partial charge in [0.25, 0.3) is 0 Å². The van der Waals surface area contributed by atoms with Crippen LogP contribution in [0.25, 0.3) is 0 Å². The van der Waals surface area contributed by atoms with E-state index in [1.165, 1.54) is 64.2 Å². The molecule has 2 nitrogen and oxygen atoms in total. The van der Waals surface area contributed by atoms with Crippen molar-refractivity contribution in [3.8, 4) is 0 Å². The summed E-state index contributed by atoms with van der Waals surface area (Å²) in [5.41, 5.74) is 0.927. The number of unbranched alkanes of at least 4 members (excludes halogenated alkanes) is 4. The first-order chi connectivity index (χ1) is 11.3. The van der Waals surface area contributed by atoms with Crippen molar-refractivity contribution in [1.29, 1.82) is 0 Å². The minimum atomic E-state index is 0.333. The first kappa shape index (κ1) is 23.9. The van der Waals surface area contributed by atoms with Crippen LogP contribution in [0.2, 0.25) is 0 Å². The molecule has 0 rings (SSSR count). The molecule has 0 saturated carbocycles. The molecule has 0 atom stereocenters. The van der Waals surface area contributed by atoms with Crippen LogP contribution in [-0.2, 0) is 4.74 Å². The van der Waals surface area contributed by atoms with Gasteiger partial charge in [0.2, 0.25) is 0 Å². The molecule has 2 heteroatoms. The fourth-order valence-corrected chi connectivity index (χ4v) is 3.34. The Hall–Kier alpha value is -0.0800. The van der Waals surface area contributed by atoms with Crippen LogP contribution in [-0.4, -0.2) is 24.9 Å². The van der Waals surface area contributed by atoms with E-state index in [1.54, 1.807) is 0 Å². The van der Waals surface area contributed by atoms with Gasteiger partial charge in [-0.15, -0.1) is 0 Å². The second kappa shape index (κ2) is 14.1. The maximum Gasteiger partial charge on any atom is 0.0466 e. The van der Waals surface area contributed by atoms with E-state index in [2.05, 4.69) is 34.6 Å². The highest BCUT2D eigenvalue weighted by Gasteiger charge is 2.17. The quantitative estimate of drug-likeness (QED) is 0.296. The van der Waals surface area contributed by atoms with Gasteiger partial charge in [0.05, 0.1) is 0 Å². The second-order valence-electron chi connectivity index (χ2n) is 9.14. The summed E-state index contributed by atoms with van der Waals surface area (Å²) < 4.78 is 5.81. The summed E-state index contributed by atoms with van der Waals surface area (Å²) in [6.07, 6.45) is 14.9. The molecule has 0 aliphatic rings. The van der Waals surface area contributed by atoms with E-state index < -0.39 is 0 Å². The van der Waals surface area contributed by atoms with Crippen LogP contribution in [0.15, 0.2) is 0 Å². The van der Waals surface area contributed by atoms with E-state index in [0.717, 1.165) is 26.1 Å². The van der Waals surface area contributed by atoms with Crippen molar-refractivity contribution in [3.05, 3.63) is 0 Å². The molecule has 0 radical (unpaired) electrons. The van der Waals surface area contributed by atoms with Gasteiger partial charge in [-0.2, -0.15) is 0 Å². The third-order valence-corrected chi connectivity index (χ3v) is 5.25. The highest BCUT2D eigenvalue weighted by Crippen LogP contribution is 2.30. The number of aliphatic hydroxyl groups is 1. The molecule has 146 valence electrons.